The second-order valence-corrected chi connectivity index (χ2v) is 4.49. The van der Waals surface area contributed by atoms with E-state index in [1.807, 2.05) is 54.6 Å². The zero-order valence-corrected chi connectivity index (χ0v) is 11.4. The van der Waals surface area contributed by atoms with Gasteiger partial charge >= 0.3 is 6.01 Å². The van der Waals surface area contributed by atoms with Crippen LogP contribution in [0.3, 0.4) is 0 Å². The molecule has 6 heteroatoms. The highest BCUT2D eigenvalue weighted by Gasteiger charge is 2.10. The lowest BCUT2D eigenvalue weighted by molar-refractivity contribution is 0.427. The van der Waals surface area contributed by atoms with Gasteiger partial charge in [-0.25, -0.2) is 0 Å². The van der Waals surface area contributed by atoms with Gasteiger partial charge in [0.1, 0.15) is 5.75 Å². The Morgan fingerprint density at radius 1 is 1.00 bits per heavy atom. The third-order valence-electron chi connectivity index (χ3n) is 3.01. The summed E-state index contributed by atoms with van der Waals surface area (Å²) < 4.78 is 7.28. The van der Waals surface area contributed by atoms with Crippen LogP contribution < -0.4 is 10.5 Å². The van der Waals surface area contributed by atoms with Gasteiger partial charge in [0.05, 0.1) is 5.69 Å². The molecule has 1 heterocycles. The molecule has 21 heavy (non-hydrogen) atoms. The third kappa shape index (κ3) is 3.06. The van der Waals surface area contributed by atoms with Crippen molar-refractivity contribution in [1.82, 2.24) is 20.2 Å². The highest BCUT2D eigenvalue weighted by Crippen LogP contribution is 2.21. The average Bonchev–Trinajstić information content (AvgIpc) is 2.98. The topological polar surface area (TPSA) is 78.8 Å². The van der Waals surface area contributed by atoms with E-state index in [1.54, 1.807) is 4.68 Å². The summed E-state index contributed by atoms with van der Waals surface area (Å²) in [6.07, 6.45) is 0.849. The Kier molecular flexibility index (Phi) is 3.88. The van der Waals surface area contributed by atoms with Gasteiger partial charge in [-0.3, -0.25) is 0 Å². The van der Waals surface area contributed by atoms with Crippen molar-refractivity contribution in [3.8, 4) is 17.4 Å². The van der Waals surface area contributed by atoms with Crippen molar-refractivity contribution in [2.45, 2.75) is 6.42 Å². The number of benzene rings is 2. The summed E-state index contributed by atoms with van der Waals surface area (Å²) in [5, 5.41) is 11.5. The van der Waals surface area contributed by atoms with Crippen LogP contribution in [0.25, 0.3) is 5.69 Å². The third-order valence-corrected chi connectivity index (χ3v) is 3.01. The van der Waals surface area contributed by atoms with Gasteiger partial charge < -0.3 is 10.5 Å². The molecule has 0 spiro atoms. The molecule has 2 aromatic carbocycles. The molecule has 2 N–H and O–H groups in total. The fourth-order valence-electron chi connectivity index (χ4n) is 1.97. The van der Waals surface area contributed by atoms with Crippen molar-refractivity contribution in [3.05, 3.63) is 60.2 Å². The standard InChI is InChI=1S/C15H15N5O/c16-11-10-12-6-8-14(9-7-12)21-15-17-18-19-20(15)13-4-2-1-3-5-13/h1-9H,10-11,16H2. The largest absolute Gasteiger partial charge is 0.423 e. The molecule has 0 saturated carbocycles. The number of nitrogens with two attached hydrogens (primary N) is 1. The summed E-state index contributed by atoms with van der Waals surface area (Å²) in [4.78, 5) is 0. The molecule has 0 aliphatic carbocycles. The van der Waals surface area contributed by atoms with Gasteiger partial charge in [-0.1, -0.05) is 35.4 Å². The van der Waals surface area contributed by atoms with Crippen molar-refractivity contribution in [3.63, 3.8) is 0 Å². The Morgan fingerprint density at radius 3 is 2.48 bits per heavy atom. The summed E-state index contributed by atoms with van der Waals surface area (Å²) in [5.41, 5.74) is 7.55. The van der Waals surface area contributed by atoms with Gasteiger partial charge in [-0.05, 0) is 53.2 Å². The number of aromatic nitrogens is 4. The molecule has 0 radical (unpaired) electrons. The Balaban J connectivity index is 1.81. The lowest BCUT2D eigenvalue weighted by Crippen LogP contribution is -2.02. The first kappa shape index (κ1) is 13.3. The molecular formula is C15H15N5O. The van der Waals surface area contributed by atoms with E-state index in [4.69, 9.17) is 10.5 Å². The molecule has 106 valence electrons. The average molecular weight is 281 g/mol. The summed E-state index contributed by atoms with van der Waals surface area (Å²) in [7, 11) is 0. The SMILES string of the molecule is NCCc1ccc(Oc2nnnn2-c2ccccc2)cc1. The van der Waals surface area contributed by atoms with Crippen LogP contribution in [0, 0.1) is 0 Å². The number of ether oxygens (including phenoxy) is 1. The van der Waals surface area contributed by atoms with Crippen LogP contribution in [0.4, 0.5) is 0 Å². The first-order valence-electron chi connectivity index (χ1n) is 6.67. The summed E-state index contributed by atoms with van der Waals surface area (Å²) in [6, 6.07) is 17.7. The Morgan fingerprint density at radius 2 is 1.76 bits per heavy atom. The van der Waals surface area contributed by atoms with Gasteiger partial charge in [-0.2, -0.15) is 4.68 Å². The molecule has 0 unspecified atom stereocenters. The molecular weight excluding hydrogens is 266 g/mol. The molecule has 1 aromatic heterocycles. The highest BCUT2D eigenvalue weighted by atomic mass is 16.5. The number of tetrazole rings is 1. The zero-order chi connectivity index (χ0) is 14.5. The predicted octanol–water partition coefficient (Wildman–Crippen LogP) is 1.96. The molecule has 6 nitrogen and oxygen atoms in total. The van der Waals surface area contributed by atoms with Gasteiger partial charge in [0, 0.05) is 0 Å². The lowest BCUT2D eigenvalue weighted by atomic mass is 10.1. The minimum Gasteiger partial charge on any atom is -0.423 e. The van der Waals surface area contributed by atoms with Crippen LogP contribution in [0.15, 0.2) is 54.6 Å². The number of hydrogen-bond donors (Lipinski definition) is 1. The summed E-state index contributed by atoms with van der Waals surface area (Å²) >= 11 is 0. The van der Waals surface area contributed by atoms with Gasteiger partial charge in [0.2, 0.25) is 0 Å². The molecule has 0 bridgehead atoms. The van der Waals surface area contributed by atoms with E-state index < -0.39 is 0 Å². The molecule has 0 atom stereocenters. The van der Waals surface area contributed by atoms with Crippen LogP contribution in [0.1, 0.15) is 5.56 Å². The van der Waals surface area contributed by atoms with Crippen molar-refractivity contribution < 1.29 is 4.74 Å². The van der Waals surface area contributed by atoms with E-state index in [1.165, 1.54) is 5.56 Å². The first-order chi connectivity index (χ1) is 10.4. The fourth-order valence-corrected chi connectivity index (χ4v) is 1.97. The normalized spacial score (nSPS) is 10.5. The van der Waals surface area contributed by atoms with Crippen LogP contribution >= 0.6 is 0 Å². The Labute approximate surface area is 122 Å². The molecule has 0 amide bonds. The summed E-state index contributed by atoms with van der Waals surface area (Å²) in [6.45, 7) is 0.631. The van der Waals surface area contributed by atoms with Crippen LogP contribution in [-0.4, -0.2) is 26.8 Å². The smallest absolute Gasteiger partial charge is 0.345 e. The molecule has 0 fully saturated rings. The van der Waals surface area contributed by atoms with Crippen molar-refractivity contribution in [2.24, 2.45) is 5.73 Å². The van der Waals surface area contributed by atoms with Crippen molar-refractivity contribution >= 4 is 0 Å². The maximum atomic E-state index is 5.73. The molecule has 0 aliphatic rings. The van der Waals surface area contributed by atoms with Crippen LogP contribution in [0.5, 0.6) is 11.8 Å². The molecule has 0 aliphatic heterocycles. The molecule has 0 saturated heterocycles. The van der Waals surface area contributed by atoms with Crippen LogP contribution in [0.2, 0.25) is 0 Å². The lowest BCUT2D eigenvalue weighted by Gasteiger charge is -2.06. The van der Waals surface area contributed by atoms with E-state index >= 15 is 0 Å². The minimum absolute atomic E-state index is 0.327. The van der Waals surface area contributed by atoms with Crippen molar-refractivity contribution in [1.29, 1.82) is 0 Å². The summed E-state index contributed by atoms with van der Waals surface area (Å²) in [5.74, 6) is 0.683. The van der Waals surface area contributed by atoms with Gasteiger partial charge in [0.25, 0.3) is 0 Å². The zero-order valence-electron chi connectivity index (χ0n) is 11.4. The van der Waals surface area contributed by atoms with Crippen LogP contribution in [-0.2, 0) is 6.42 Å². The van der Waals surface area contributed by atoms with E-state index in [-0.39, 0.29) is 0 Å². The molecule has 3 rings (SSSR count). The van der Waals surface area contributed by atoms with E-state index in [2.05, 4.69) is 15.5 Å². The highest BCUT2D eigenvalue weighted by molar-refractivity contribution is 5.34. The second kappa shape index (κ2) is 6.15. The second-order valence-electron chi connectivity index (χ2n) is 4.49. The maximum absolute atomic E-state index is 5.73. The fraction of sp³-hybridized carbons (Fsp3) is 0.133. The number of para-hydroxylation sites is 1. The quantitative estimate of drug-likeness (QED) is 0.773. The molecule has 3 aromatic rings. The minimum atomic E-state index is 0.327. The van der Waals surface area contributed by atoms with Gasteiger partial charge in [-0.15, -0.1) is 0 Å². The predicted molar refractivity (Wildman–Crippen MR) is 78.4 cm³/mol. The van der Waals surface area contributed by atoms with Crippen molar-refractivity contribution in [2.75, 3.05) is 6.54 Å². The Bertz CT molecular complexity index is 694. The number of hydrogen-bond acceptors (Lipinski definition) is 5. The van der Waals surface area contributed by atoms with E-state index in [0.29, 0.717) is 18.3 Å². The number of rotatable bonds is 5. The number of nitrogens with zero attached hydrogens (tertiary/aromatic N) is 4. The maximum Gasteiger partial charge on any atom is 0.345 e. The first-order valence-corrected chi connectivity index (χ1v) is 6.67. The van der Waals surface area contributed by atoms with E-state index in [9.17, 15) is 0 Å². The van der Waals surface area contributed by atoms with Gasteiger partial charge in [0.15, 0.2) is 0 Å². The van der Waals surface area contributed by atoms with E-state index in [0.717, 1.165) is 12.1 Å². The Hall–Kier alpha value is -2.73. The monoisotopic (exact) mass is 281 g/mol.